The molecule has 0 bridgehead atoms. The molecule has 1 N–H and O–H groups in total. The van der Waals surface area contributed by atoms with Crippen LogP contribution in [-0.2, 0) is 31.8 Å². The Morgan fingerprint density at radius 3 is 2.59 bits per heavy atom. The summed E-state index contributed by atoms with van der Waals surface area (Å²) < 4.78 is 5.34. The van der Waals surface area contributed by atoms with Crippen LogP contribution < -0.4 is 0 Å². The van der Waals surface area contributed by atoms with Crippen LogP contribution in [0, 0.1) is 12.0 Å². The Hall–Kier alpha value is -2.33. The molecule has 0 spiro atoms. The topological polar surface area (TPSA) is 79.5 Å². The molecule has 6 nitrogen and oxygen atoms in total. The average molecular weight is 535 g/mol. The van der Waals surface area contributed by atoms with Gasteiger partial charge in [0.05, 0.1) is 5.92 Å². The van der Waals surface area contributed by atoms with Crippen molar-refractivity contribution in [1.29, 1.82) is 0 Å². The predicted molar refractivity (Wildman–Crippen MR) is 95.0 cm³/mol. The van der Waals surface area contributed by atoms with E-state index in [4.69, 9.17) is 9.63 Å². The molecule has 0 saturated carbocycles. The van der Waals surface area contributed by atoms with Crippen LogP contribution in [-0.4, -0.2) is 39.2 Å². The van der Waals surface area contributed by atoms with Gasteiger partial charge in [-0.2, -0.15) is 35.3 Å². The number of nitrogens with zero attached hydrogens (tertiary/aromatic N) is 3. The van der Waals surface area contributed by atoms with Gasteiger partial charge in [0.25, 0.3) is 0 Å². The molecular weight excluding hydrogens is 516 g/mol. The molecule has 0 amide bonds. The van der Waals surface area contributed by atoms with Crippen LogP contribution in [0.2, 0.25) is 0 Å². The molecule has 1 saturated heterocycles. The summed E-state index contributed by atoms with van der Waals surface area (Å²) in [6, 6.07) is 18.3. The molecule has 4 rings (SSSR count). The number of aromatic nitrogens is 2. The molecule has 1 aromatic heterocycles. The monoisotopic (exact) mass is 535 g/mol. The average Bonchev–Trinajstić information content (AvgIpc) is 3.33. The molecule has 27 heavy (non-hydrogen) atoms. The first-order chi connectivity index (χ1) is 12.7. The Morgan fingerprint density at radius 1 is 1.19 bits per heavy atom. The maximum absolute atomic E-state index is 11.1. The van der Waals surface area contributed by atoms with Crippen molar-refractivity contribution in [2.75, 3.05) is 13.1 Å². The first-order valence-electron chi connectivity index (χ1n) is 8.54. The summed E-state index contributed by atoms with van der Waals surface area (Å²) in [4.78, 5) is 17.7. The van der Waals surface area contributed by atoms with Crippen LogP contribution in [0.3, 0.4) is 0 Å². The Morgan fingerprint density at radius 2 is 1.93 bits per heavy atom. The predicted octanol–water partition coefficient (Wildman–Crippen LogP) is 3.11. The summed E-state index contributed by atoms with van der Waals surface area (Å²) in [7, 11) is 0. The third kappa shape index (κ3) is 4.51. The van der Waals surface area contributed by atoms with E-state index in [1.807, 2.05) is 36.4 Å². The molecule has 2 heterocycles. The SMILES string of the molecule is O=C(O)[C@@H]1CCN(Cc2ccc(-c3noc(-c4cc[c-]cc4)n3)cc2)C1.[Re]. The minimum atomic E-state index is -0.702. The van der Waals surface area contributed by atoms with Crippen molar-refractivity contribution in [3.63, 3.8) is 0 Å². The number of benzene rings is 2. The smallest absolute Gasteiger partial charge is 0.307 e. The molecule has 1 radical (unpaired) electrons. The van der Waals surface area contributed by atoms with Gasteiger partial charge >= 0.3 is 5.97 Å². The molecule has 1 aliphatic heterocycles. The van der Waals surface area contributed by atoms with E-state index in [0.717, 1.165) is 36.2 Å². The van der Waals surface area contributed by atoms with Gasteiger partial charge in [-0.3, -0.25) is 9.69 Å². The van der Waals surface area contributed by atoms with Crippen LogP contribution in [0.4, 0.5) is 0 Å². The third-order valence-corrected chi connectivity index (χ3v) is 4.63. The molecule has 1 fully saturated rings. The van der Waals surface area contributed by atoms with Crippen LogP contribution in [0.5, 0.6) is 0 Å². The first kappa shape index (κ1) is 19.4. The Bertz CT molecular complexity index is 896. The number of carbonyl (C=O) groups is 1. The maximum Gasteiger partial charge on any atom is 0.307 e. The van der Waals surface area contributed by atoms with E-state index in [-0.39, 0.29) is 26.3 Å². The number of hydrogen-bond acceptors (Lipinski definition) is 5. The van der Waals surface area contributed by atoms with E-state index in [9.17, 15) is 4.79 Å². The van der Waals surface area contributed by atoms with Gasteiger partial charge in [-0.25, -0.2) is 0 Å². The Balaban J connectivity index is 0.00000210. The molecule has 1 atom stereocenters. The fourth-order valence-electron chi connectivity index (χ4n) is 3.18. The van der Waals surface area contributed by atoms with Crippen molar-refractivity contribution in [2.45, 2.75) is 13.0 Å². The van der Waals surface area contributed by atoms with Gasteiger partial charge in [0.2, 0.25) is 11.7 Å². The second-order valence-corrected chi connectivity index (χ2v) is 6.47. The zero-order valence-corrected chi connectivity index (χ0v) is 17.2. The summed E-state index contributed by atoms with van der Waals surface area (Å²) in [5.41, 5.74) is 2.89. The van der Waals surface area contributed by atoms with Gasteiger partial charge in [0, 0.05) is 39.1 Å². The quantitative estimate of drug-likeness (QED) is 0.507. The number of aliphatic carboxylic acids is 1. The number of carboxylic acids is 1. The van der Waals surface area contributed by atoms with E-state index < -0.39 is 5.97 Å². The van der Waals surface area contributed by atoms with Crippen molar-refractivity contribution in [1.82, 2.24) is 15.0 Å². The first-order valence-corrected chi connectivity index (χ1v) is 8.54. The largest absolute Gasteiger partial charge is 0.481 e. The van der Waals surface area contributed by atoms with Crippen LogP contribution >= 0.6 is 0 Å². The minimum absolute atomic E-state index is 0. The number of hydrogen-bond donors (Lipinski definition) is 1. The number of likely N-dealkylation sites (tertiary alicyclic amines) is 1. The fraction of sp³-hybridized carbons (Fsp3) is 0.250. The summed E-state index contributed by atoms with van der Waals surface area (Å²) >= 11 is 0. The standard InChI is InChI=1S/C20H18N3O3.Re/c24-20(25)17-10-11-23(13-17)12-14-6-8-15(9-7-14)18-21-19(26-22-18)16-4-2-1-3-5-16;/h2-9,17H,10-13H2,(H,24,25);/q-1;/t17-;/m1./s1. The zero-order chi connectivity index (χ0) is 17.9. The maximum atomic E-state index is 11.1. The van der Waals surface area contributed by atoms with Gasteiger partial charge in [0.1, 0.15) is 0 Å². The summed E-state index contributed by atoms with van der Waals surface area (Å²) in [6.07, 6.45) is 0.719. The van der Waals surface area contributed by atoms with Crippen molar-refractivity contribution < 1.29 is 34.8 Å². The summed E-state index contributed by atoms with van der Waals surface area (Å²) in [6.45, 7) is 2.18. The molecule has 7 heteroatoms. The van der Waals surface area contributed by atoms with Gasteiger partial charge < -0.3 is 9.63 Å². The second-order valence-electron chi connectivity index (χ2n) is 6.47. The molecule has 2 aromatic carbocycles. The number of carboxylic acid groups (broad SMARTS) is 1. The molecule has 1 aliphatic rings. The Kier molecular flexibility index (Phi) is 6.17. The van der Waals surface area contributed by atoms with E-state index in [1.54, 1.807) is 12.1 Å². The van der Waals surface area contributed by atoms with Crippen molar-refractivity contribution in [2.24, 2.45) is 5.92 Å². The van der Waals surface area contributed by atoms with Crippen LogP contribution in [0.25, 0.3) is 22.8 Å². The minimum Gasteiger partial charge on any atom is -0.481 e. The van der Waals surface area contributed by atoms with E-state index in [1.165, 1.54) is 0 Å². The van der Waals surface area contributed by atoms with Crippen molar-refractivity contribution >= 4 is 5.97 Å². The van der Waals surface area contributed by atoms with E-state index in [0.29, 0.717) is 18.3 Å². The van der Waals surface area contributed by atoms with Crippen molar-refractivity contribution in [3.05, 3.63) is 60.2 Å². The normalized spacial score (nSPS) is 16.8. The van der Waals surface area contributed by atoms with Gasteiger partial charge in [-0.15, -0.1) is 0 Å². The van der Waals surface area contributed by atoms with Crippen LogP contribution in [0.15, 0.2) is 53.1 Å². The number of rotatable bonds is 5. The second kappa shape index (κ2) is 8.57. The van der Waals surface area contributed by atoms with Crippen LogP contribution in [0.1, 0.15) is 12.0 Å². The van der Waals surface area contributed by atoms with E-state index in [2.05, 4.69) is 21.1 Å². The molecule has 0 unspecified atom stereocenters. The Labute approximate surface area is 170 Å². The van der Waals surface area contributed by atoms with Gasteiger partial charge in [-0.1, -0.05) is 35.0 Å². The molecule has 0 aliphatic carbocycles. The molecular formula is C20H18N3O3Re-. The van der Waals surface area contributed by atoms with Gasteiger partial charge in [0.15, 0.2) is 0 Å². The third-order valence-electron chi connectivity index (χ3n) is 4.63. The van der Waals surface area contributed by atoms with Crippen molar-refractivity contribution in [3.8, 4) is 22.8 Å². The molecule has 139 valence electrons. The fourth-order valence-corrected chi connectivity index (χ4v) is 3.18. The van der Waals surface area contributed by atoms with Gasteiger partial charge in [-0.05, 0) is 18.5 Å². The molecule has 3 aromatic rings. The zero-order valence-electron chi connectivity index (χ0n) is 14.5. The van der Waals surface area contributed by atoms with E-state index >= 15 is 0 Å². The summed E-state index contributed by atoms with van der Waals surface area (Å²) in [5, 5.41) is 13.1. The summed E-state index contributed by atoms with van der Waals surface area (Å²) in [5.74, 6) is 0.0797.